The maximum atomic E-state index is 13.5. The van der Waals surface area contributed by atoms with Crippen LogP contribution in [0.3, 0.4) is 0 Å². The van der Waals surface area contributed by atoms with Crippen molar-refractivity contribution in [2.75, 3.05) is 57.1 Å². The molecule has 2 heterocycles. The van der Waals surface area contributed by atoms with Gasteiger partial charge in [-0.1, -0.05) is 0 Å². The lowest BCUT2D eigenvalue weighted by Gasteiger charge is -2.26. The van der Waals surface area contributed by atoms with Gasteiger partial charge in [0, 0.05) is 32.7 Å². The summed E-state index contributed by atoms with van der Waals surface area (Å²) >= 11 is 0. The van der Waals surface area contributed by atoms with Gasteiger partial charge in [0.15, 0.2) is 23.3 Å². The molecule has 0 amide bonds. The average Bonchev–Trinajstić information content (AvgIpc) is 2.46. The van der Waals surface area contributed by atoms with Crippen molar-refractivity contribution in [3.8, 4) is 0 Å². The zero-order chi connectivity index (χ0) is 14.4. The van der Waals surface area contributed by atoms with Crippen LogP contribution in [0.1, 0.15) is 6.42 Å². The Morgan fingerprint density at radius 2 is 1.95 bits per heavy atom. The molecule has 0 spiro atoms. The van der Waals surface area contributed by atoms with Gasteiger partial charge in [0.1, 0.15) is 0 Å². The van der Waals surface area contributed by atoms with Crippen molar-refractivity contribution in [1.82, 2.24) is 9.88 Å². The Morgan fingerprint density at radius 3 is 2.65 bits per heavy atom. The molecule has 2 rings (SSSR count). The number of aromatic nitrogens is 1. The zero-order valence-corrected chi connectivity index (χ0v) is 11.6. The molecule has 1 fully saturated rings. The molecule has 0 aromatic carbocycles. The van der Waals surface area contributed by atoms with Crippen LogP contribution < -0.4 is 10.6 Å². The van der Waals surface area contributed by atoms with E-state index in [-0.39, 0.29) is 11.6 Å². The van der Waals surface area contributed by atoms with Crippen molar-refractivity contribution in [1.29, 1.82) is 0 Å². The van der Waals surface area contributed by atoms with Crippen LogP contribution in [0.5, 0.6) is 0 Å². The summed E-state index contributed by atoms with van der Waals surface area (Å²) in [7, 11) is 1.55. The summed E-state index contributed by atoms with van der Waals surface area (Å²) in [5.74, 6) is -1.24. The number of anilines is 2. The van der Waals surface area contributed by atoms with Gasteiger partial charge in [-0.15, -0.1) is 0 Å². The second-order valence-electron chi connectivity index (χ2n) is 4.63. The van der Waals surface area contributed by atoms with Crippen LogP contribution >= 0.6 is 0 Å². The molecule has 0 bridgehead atoms. The predicted molar refractivity (Wildman–Crippen MR) is 74.1 cm³/mol. The molecule has 0 aliphatic carbocycles. The molecule has 20 heavy (non-hydrogen) atoms. The number of hydrogen-bond donors (Lipinski definition) is 2. The largest absolute Gasteiger partial charge is 0.379 e. The lowest BCUT2D eigenvalue weighted by molar-refractivity contribution is 0.0378. The van der Waals surface area contributed by atoms with Gasteiger partial charge < -0.3 is 15.4 Å². The number of nitrogens with zero attached hydrogens (tertiary/aromatic N) is 2. The molecular weight excluding hydrogens is 266 g/mol. The third kappa shape index (κ3) is 4.01. The van der Waals surface area contributed by atoms with Gasteiger partial charge in [0.2, 0.25) is 0 Å². The summed E-state index contributed by atoms with van der Waals surface area (Å²) in [6.07, 6.45) is 0.868. The van der Waals surface area contributed by atoms with Crippen LogP contribution in [-0.4, -0.2) is 56.3 Å². The van der Waals surface area contributed by atoms with Gasteiger partial charge in [-0.25, -0.2) is 13.8 Å². The number of pyridine rings is 1. The first kappa shape index (κ1) is 14.9. The molecule has 7 heteroatoms. The summed E-state index contributed by atoms with van der Waals surface area (Å²) in [6.45, 7) is 4.94. The minimum atomic E-state index is -0.691. The highest BCUT2D eigenvalue weighted by Gasteiger charge is 2.12. The molecule has 5 nitrogen and oxygen atoms in total. The van der Waals surface area contributed by atoms with E-state index in [9.17, 15) is 8.78 Å². The number of halogens is 2. The Bertz CT molecular complexity index is 439. The second kappa shape index (κ2) is 7.35. The lowest BCUT2D eigenvalue weighted by atomic mass is 10.3. The van der Waals surface area contributed by atoms with E-state index >= 15 is 0 Å². The molecule has 0 saturated carbocycles. The van der Waals surface area contributed by atoms with E-state index in [4.69, 9.17) is 4.74 Å². The van der Waals surface area contributed by atoms with E-state index in [0.29, 0.717) is 6.54 Å². The number of rotatable bonds is 6. The highest BCUT2D eigenvalue weighted by Crippen LogP contribution is 2.18. The third-order valence-electron chi connectivity index (χ3n) is 3.21. The van der Waals surface area contributed by atoms with Crippen molar-refractivity contribution < 1.29 is 13.5 Å². The van der Waals surface area contributed by atoms with Gasteiger partial charge in [0.25, 0.3) is 0 Å². The molecule has 0 radical (unpaired) electrons. The number of ether oxygens (including phenoxy) is 1. The maximum Gasteiger partial charge on any atom is 0.168 e. The first-order valence-corrected chi connectivity index (χ1v) is 6.78. The topological polar surface area (TPSA) is 49.4 Å². The maximum absolute atomic E-state index is 13.5. The molecule has 1 aliphatic heterocycles. The molecule has 1 saturated heterocycles. The Labute approximate surface area is 117 Å². The van der Waals surface area contributed by atoms with Crippen LogP contribution in [0.4, 0.5) is 20.4 Å². The molecule has 2 N–H and O–H groups in total. The van der Waals surface area contributed by atoms with Crippen LogP contribution in [0.2, 0.25) is 0 Å². The summed E-state index contributed by atoms with van der Waals surface area (Å²) in [6, 6.07) is 0.836. The predicted octanol–water partition coefficient (Wildman–Crippen LogP) is 1.54. The van der Waals surface area contributed by atoms with E-state index in [1.807, 2.05) is 0 Å². The van der Waals surface area contributed by atoms with Crippen LogP contribution in [-0.2, 0) is 4.74 Å². The quantitative estimate of drug-likeness (QED) is 0.777. The van der Waals surface area contributed by atoms with E-state index < -0.39 is 11.6 Å². The minimum absolute atomic E-state index is 0.0436. The van der Waals surface area contributed by atoms with Gasteiger partial charge >= 0.3 is 0 Å². The molecule has 0 unspecified atom stereocenters. The first-order valence-electron chi connectivity index (χ1n) is 6.78. The minimum Gasteiger partial charge on any atom is -0.379 e. The van der Waals surface area contributed by atoms with Crippen LogP contribution in [0, 0.1) is 11.6 Å². The zero-order valence-electron chi connectivity index (χ0n) is 11.6. The second-order valence-corrected chi connectivity index (χ2v) is 4.63. The summed E-state index contributed by atoms with van der Waals surface area (Å²) < 4.78 is 32.0. The van der Waals surface area contributed by atoms with E-state index in [2.05, 4.69) is 20.5 Å². The van der Waals surface area contributed by atoms with Gasteiger partial charge in [-0.3, -0.25) is 4.90 Å². The average molecular weight is 286 g/mol. The fourth-order valence-corrected chi connectivity index (χ4v) is 2.10. The molecular formula is C13H20F2N4O. The summed E-state index contributed by atoms with van der Waals surface area (Å²) in [5.41, 5.74) is 0. The molecule has 112 valence electrons. The highest BCUT2D eigenvalue weighted by molar-refractivity contribution is 5.47. The smallest absolute Gasteiger partial charge is 0.168 e. The Hall–Kier alpha value is -1.47. The van der Waals surface area contributed by atoms with Crippen molar-refractivity contribution in [3.63, 3.8) is 0 Å². The Kier molecular flexibility index (Phi) is 5.49. The molecule has 1 aromatic rings. The standard InChI is InChI=1S/C13H20F2N4O/c1-16-12-10(14)9-11(15)13(18-12)17-3-2-4-19-5-7-20-8-6-19/h9H,2-8H2,1H3,(H2,16,17,18). The third-order valence-corrected chi connectivity index (χ3v) is 3.21. The highest BCUT2D eigenvalue weighted by atomic mass is 19.1. The van der Waals surface area contributed by atoms with Crippen LogP contribution in [0.25, 0.3) is 0 Å². The van der Waals surface area contributed by atoms with Crippen LogP contribution in [0.15, 0.2) is 6.07 Å². The van der Waals surface area contributed by atoms with Gasteiger partial charge in [0.05, 0.1) is 13.2 Å². The monoisotopic (exact) mass is 286 g/mol. The van der Waals surface area contributed by atoms with E-state index in [1.54, 1.807) is 7.05 Å². The van der Waals surface area contributed by atoms with E-state index in [1.165, 1.54) is 0 Å². The number of morpholine rings is 1. The number of nitrogens with one attached hydrogen (secondary N) is 2. The normalized spacial score (nSPS) is 16.1. The SMILES string of the molecule is CNc1nc(NCCCN2CCOCC2)c(F)cc1F. The Balaban J connectivity index is 1.78. The fourth-order valence-electron chi connectivity index (χ4n) is 2.10. The first-order chi connectivity index (χ1) is 9.70. The number of hydrogen-bond acceptors (Lipinski definition) is 5. The van der Waals surface area contributed by atoms with Crippen molar-refractivity contribution >= 4 is 11.6 Å². The van der Waals surface area contributed by atoms with Gasteiger partial charge in [-0.05, 0) is 13.0 Å². The fraction of sp³-hybridized carbons (Fsp3) is 0.615. The summed E-state index contributed by atoms with van der Waals surface area (Å²) in [5, 5.41) is 5.49. The molecule has 0 atom stereocenters. The molecule has 1 aliphatic rings. The van der Waals surface area contributed by atoms with Crippen molar-refractivity contribution in [2.45, 2.75) is 6.42 Å². The van der Waals surface area contributed by atoms with E-state index in [0.717, 1.165) is 45.3 Å². The molecule has 1 aromatic heterocycles. The summed E-state index contributed by atoms with van der Waals surface area (Å²) in [4.78, 5) is 6.17. The van der Waals surface area contributed by atoms with Gasteiger partial charge in [-0.2, -0.15) is 0 Å². The van der Waals surface area contributed by atoms with Crippen molar-refractivity contribution in [3.05, 3.63) is 17.7 Å². The lowest BCUT2D eigenvalue weighted by Crippen LogP contribution is -2.37. The van der Waals surface area contributed by atoms with Crippen molar-refractivity contribution in [2.24, 2.45) is 0 Å². The Morgan fingerprint density at radius 1 is 1.25 bits per heavy atom.